The van der Waals surface area contributed by atoms with Gasteiger partial charge in [0.15, 0.2) is 0 Å². The topological polar surface area (TPSA) is 59.4 Å². The van der Waals surface area contributed by atoms with Crippen LogP contribution in [0.2, 0.25) is 0 Å². The van der Waals surface area contributed by atoms with Crippen LogP contribution in [-0.2, 0) is 0 Å². The first kappa shape index (κ1) is 16.8. The second kappa shape index (κ2) is 7.59. The minimum atomic E-state index is 0. The van der Waals surface area contributed by atoms with Crippen LogP contribution in [0.25, 0.3) is 0 Å². The maximum Gasteiger partial charge on any atom is 0.253 e. The number of halogens is 1. The van der Waals surface area contributed by atoms with Gasteiger partial charge in [-0.15, -0.1) is 12.4 Å². The summed E-state index contributed by atoms with van der Waals surface area (Å²) in [5.74, 6) is 0.0729. The molecule has 0 aliphatic carbocycles. The van der Waals surface area contributed by atoms with Crippen molar-refractivity contribution in [3.8, 4) is 6.07 Å². The van der Waals surface area contributed by atoms with Crippen LogP contribution in [-0.4, -0.2) is 61.0 Å². The van der Waals surface area contributed by atoms with E-state index in [9.17, 15) is 4.79 Å². The molecule has 0 aromatic heterocycles. The maximum atomic E-state index is 12.4. The Balaban J connectivity index is 0.00000176. The van der Waals surface area contributed by atoms with Crippen LogP contribution in [0.15, 0.2) is 24.3 Å². The first-order valence-electron chi connectivity index (χ1n) is 7.52. The van der Waals surface area contributed by atoms with Crippen LogP contribution in [0.4, 0.5) is 0 Å². The number of benzene rings is 1. The van der Waals surface area contributed by atoms with Gasteiger partial charge in [-0.05, 0) is 37.2 Å². The molecule has 5 nitrogen and oxygen atoms in total. The van der Waals surface area contributed by atoms with E-state index in [1.165, 1.54) is 6.42 Å². The van der Waals surface area contributed by atoms with Gasteiger partial charge in [-0.3, -0.25) is 9.69 Å². The van der Waals surface area contributed by atoms with Crippen molar-refractivity contribution >= 4 is 18.3 Å². The predicted octanol–water partition coefficient (Wildman–Crippen LogP) is 1.10. The van der Waals surface area contributed by atoms with E-state index in [1.54, 1.807) is 24.3 Å². The lowest BCUT2D eigenvalue weighted by molar-refractivity contribution is 0.0584. The van der Waals surface area contributed by atoms with E-state index in [-0.39, 0.29) is 18.3 Å². The summed E-state index contributed by atoms with van der Waals surface area (Å²) in [4.78, 5) is 16.8. The third kappa shape index (κ3) is 3.58. The molecule has 3 rings (SSSR count). The lowest BCUT2D eigenvalue weighted by Gasteiger charge is -2.37. The number of hydrogen-bond acceptors (Lipinski definition) is 4. The largest absolute Gasteiger partial charge is 0.336 e. The van der Waals surface area contributed by atoms with Crippen molar-refractivity contribution in [1.29, 1.82) is 5.26 Å². The molecule has 1 unspecified atom stereocenters. The molecule has 0 radical (unpaired) electrons. The number of carbonyl (C=O) groups excluding carboxylic acids is 1. The van der Waals surface area contributed by atoms with Crippen molar-refractivity contribution < 1.29 is 4.79 Å². The Morgan fingerprint density at radius 2 is 1.86 bits per heavy atom. The van der Waals surface area contributed by atoms with Crippen LogP contribution in [0.5, 0.6) is 0 Å². The molecule has 1 aromatic carbocycles. The number of rotatable bonds is 2. The summed E-state index contributed by atoms with van der Waals surface area (Å²) >= 11 is 0. The Hall–Kier alpha value is -1.61. The number of hydrogen-bond donors (Lipinski definition) is 1. The summed E-state index contributed by atoms with van der Waals surface area (Å²) in [6.45, 7) is 5.66. The number of nitriles is 1. The second-order valence-electron chi connectivity index (χ2n) is 5.66. The highest BCUT2D eigenvalue weighted by Crippen LogP contribution is 2.14. The van der Waals surface area contributed by atoms with Gasteiger partial charge in [-0.1, -0.05) is 0 Å². The maximum absolute atomic E-state index is 12.4. The molecule has 2 aliphatic heterocycles. The van der Waals surface area contributed by atoms with E-state index in [0.29, 0.717) is 17.2 Å². The fraction of sp³-hybridized carbons (Fsp3) is 0.500. The predicted molar refractivity (Wildman–Crippen MR) is 87.2 cm³/mol. The van der Waals surface area contributed by atoms with Crippen molar-refractivity contribution in [2.45, 2.75) is 12.5 Å². The number of nitrogens with one attached hydrogen (secondary N) is 1. The summed E-state index contributed by atoms with van der Waals surface area (Å²) in [6.07, 6.45) is 1.21. The minimum Gasteiger partial charge on any atom is -0.336 e. The summed E-state index contributed by atoms with van der Waals surface area (Å²) in [6, 6.07) is 9.60. The highest BCUT2D eigenvalue weighted by Gasteiger charge is 2.28. The Morgan fingerprint density at radius 1 is 1.18 bits per heavy atom. The van der Waals surface area contributed by atoms with Gasteiger partial charge in [0, 0.05) is 44.3 Å². The third-order valence-electron chi connectivity index (χ3n) is 4.41. The van der Waals surface area contributed by atoms with E-state index in [0.717, 1.165) is 39.3 Å². The molecular formula is C16H21ClN4O. The highest BCUT2D eigenvalue weighted by atomic mass is 35.5. The Labute approximate surface area is 137 Å². The summed E-state index contributed by atoms with van der Waals surface area (Å²) in [5, 5.41) is 12.2. The zero-order valence-electron chi connectivity index (χ0n) is 12.5. The number of amides is 1. The molecule has 118 valence electrons. The molecule has 0 bridgehead atoms. The fourth-order valence-electron chi connectivity index (χ4n) is 3.11. The molecular weight excluding hydrogens is 300 g/mol. The molecule has 2 heterocycles. The zero-order chi connectivity index (χ0) is 14.7. The molecule has 6 heteroatoms. The van der Waals surface area contributed by atoms with Gasteiger partial charge < -0.3 is 10.2 Å². The average molecular weight is 321 g/mol. The van der Waals surface area contributed by atoms with E-state index in [1.807, 2.05) is 4.90 Å². The smallest absolute Gasteiger partial charge is 0.253 e. The van der Waals surface area contributed by atoms with E-state index >= 15 is 0 Å². The molecule has 0 spiro atoms. The Morgan fingerprint density at radius 3 is 2.41 bits per heavy atom. The molecule has 2 saturated heterocycles. The van der Waals surface area contributed by atoms with Crippen molar-refractivity contribution in [3.63, 3.8) is 0 Å². The summed E-state index contributed by atoms with van der Waals surface area (Å²) in [5.41, 5.74) is 1.26. The van der Waals surface area contributed by atoms with Crippen LogP contribution < -0.4 is 5.32 Å². The molecule has 0 saturated carbocycles. The molecule has 2 aliphatic rings. The Kier molecular flexibility index (Phi) is 5.78. The molecule has 22 heavy (non-hydrogen) atoms. The molecule has 1 atom stereocenters. The van der Waals surface area contributed by atoms with Gasteiger partial charge in [0.1, 0.15) is 0 Å². The lowest BCUT2D eigenvalue weighted by Crippen LogP contribution is -2.52. The van der Waals surface area contributed by atoms with Gasteiger partial charge in [-0.2, -0.15) is 5.26 Å². The van der Waals surface area contributed by atoms with Crippen molar-refractivity contribution in [2.24, 2.45) is 0 Å². The fourth-order valence-corrected chi connectivity index (χ4v) is 3.11. The highest BCUT2D eigenvalue weighted by molar-refractivity contribution is 5.94. The van der Waals surface area contributed by atoms with Crippen molar-refractivity contribution in [1.82, 2.24) is 15.1 Å². The van der Waals surface area contributed by atoms with Crippen LogP contribution >= 0.6 is 12.4 Å². The normalized spacial score (nSPS) is 22.0. The van der Waals surface area contributed by atoms with E-state index in [2.05, 4.69) is 16.3 Å². The molecule has 1 amide bonds. The zero-order valence-corrected chi connectivity index (χ0v) is 13.3. The summed E-state index contributed by atoms with van der Waals surface area (Å²) < 4.78 is 0. The minimum absolute atomic E-state index is 0. The quantitative estimate of drug-likeness (QED) is 0.886. The van der Waals surface area contributed by atoms with Crippen LogP contribution in [0.1, 0.15) is 22.3 Å². The van der Waals surface area contributed by atoms with Gasteiger partial charge in [-0.25, -0.2) is 0 Å². The summed E-state index contributed by atoms with van der Waals surface area (Å²) in [7, 11) is 0. The Bertz CT molecular complexity index is 540. The van der Waals surface area contributed by atoms with Gasteiger partial charge in [0.25, 0.3) is 5.91 Å². The van der Waals surface area contributed by atoms with Gasteiger partial charge in [0.05, 0.1) is 11.6 Å². The third-order valence-corrected chi connectivity index (χ3v) is 4.41. The number of carbonyl (C=O) groups is 1. The average Bonchev–Trinajstić information content (AvgIpc) is 3.09. The SMILES string of the molecule is Cl.N#Cc1ccc(C(=O)N2CCN(C3CCNC3)CC2)cc1. The van der Waals surface area contributed by atoms with Crippen molar-refractivity contribution in [2.75, 3.05) is 39.3 Å². The van der Waals surface area contributed by atoms with E-state index < -0.39 is 0 Å². The molecule has 1 N–H and O–H groups in total. The molecule has 1 aromatic rings. The standard InChI is InChI=1S/C16H20N4O.ClH/c17-11-13-1-3-14(4-2-13)16(21)20-9-7-19(8-10-20)15-5-6-18-12-15;/h1-4,15,18H,5-10,12H2;1H. The second-order valence-corrected chi connectivity index (χ2v) is 5.66. The first-order valence-corrected chi connectivity index (χ1v) is 7.52. The molecule has 2 fully saturated rings. The lowest BCUT2D eigenvalue weighted by atomic mass is 10.1. The first-order chi connectivity index (χ1) is 10.3. The van der Waals surface area contributed by atoms with E-state index in [4.69, 9.17) is 5.26 Å². The van der Waals surface area contributed by atoms with Crippen molar-refractivity contribution in [3.05, 3.63) is 35.4 Å². The number of piperazine rings is 1. The monoisotopic (exact) mass is 320 g/mol. The van der Waals surface area contributed by atoms with Crippen LogP contribution in [0.3, 0.4) is 0 Å². The van der Waals surface area contributed by atoms with Gasteiger partial charge >= 0.3 is 0 Å². The van der Waals surface area contributed by atoms with Crippen LogP contribution in [0, 0.1) is 11.3 Å². The van der Waals surface area contributed by atoms with Gasteiger partial charge in [0.2, 0.25) is 0 Å². The number of nitrogens with zero attached hydrogens (tertiary/aromatic N) is 3.